The number of anilines is 2. The van der Waals surface area contributed by atoms with Gasteiger partial charge < -0.3 is 15.4 Å². The number of nitrogens with one attached hydrogen (secondary N) is 3. The minimum atomic E-state index is -0.317. The van der Waals surface area contributed by atoms with E-state index >= 15 is 0 Å². The quantitative estimate of drug-likeness (QED) is 0.585. The molecule has 2 aromatic rings. The molecule has 0 aliphatic rings. The van der Waals surface area contributed by atoms with Gasteiger partial charge in [-0.15, -0.1) is 0 Å². The lowest BCUT2D eigenvalue weighted by Crippen LogP contribution is -2.34. The third-order valence-electron chi connectivity index (χ3n) is 3.84. The van der Waals surface area contributed by atoms with Crippen LogP contribution < -0.4 is 20.7 Å². The smallest absolute Gasteiger partial charge is 0.257 e. The Bertz CT molecular complexity index is 864. The molecule has 0 aliphatic carbocycles. The van der Waals surface area contributed by atoms with Gasteiger partial charge in [0.1, 0.15) is 5.75 Å². The molecule has 0 heterocycles. The van der Waals surface area contributed by atoms with Gasteiger partial charge in [-0.1, -0.05) is 33.8 Å². The summed E-state index contributed by atoms with van der Waals surface area (Å²) in [4.78, 5) is 24.2. The number of carbonyl (C=O) groups is 2. The monoisotopic (exact) mass is 413 g/mol. The van der Waals surface area contributed by atoms with Crippen LogP contribution in [-0.2, 0) is 4.79 Å². The normalized spacial score (nSPS) is 10.6. The number of amides is 2. The van der Waals surface area contributed by atoms with Gasteiger partial charge in [0.2, 0.25) is 5.91 Å². The first-order valence-electron chi connectivity index (χ1n) is 9.50. The summed E-state index contributed by atoms with van der Waals surface area (Å²) in [6.45, 7) is 8.42. The number of hydrogen-bond donors (Lipinski definition) is 3. The van der Waals surface area contributed by atoms with Gasteiger partial charge in [-0.2, -0.15) is 0 Å². The molecule has 0 saturated carbocycles. The van der Waals surface area contributed by atoms with Crippen molar-refractivity contribution in [3.63, 3.8) is 0 Å². The summed E-state index contributed by atoms with van der Waals surface area (Å²) in [6.07, 6.45) is 0. The summed E-state index contributed by atoms with van der Waals surface area (Å²) in [5, 5.41) is 8.59. The van der Waals surface area contributed by atoms with Gasteiger partial charge >= 0.3 is 0 Å². The molecule has 0 aliphatic heterocycles. The van der Waals surface area contributed by atoms with Gasteiger partial charge in [-0.3, -0.25) is 14.9 Å². The molecule has 0 spiro atoms. The first-order valence-corrected chi connectivity index (χ1v) is 9.91. The Morgan fingerprint density at radius 1 is 0.966 bits per heavy atom. The summed E-state index contributed by atoms with van der Waals surface area (Å²) in [6, 6.07) is 14.0. The van der Waals surface area contributed by atoms with E-state index in [0.29, 0.717) is 29.5 Å². The predicted octanol–water partition coefficient (Wildman–Crippen LogP) is 4.44. The maximum absolute atomic E-state index is 12.4. The van der Waals surface area contributed by atoms with E-state index in [9.17, 15) is 9.59 Å². The molecule has 7 heteroatoms. The van der Waals surface area contributed by atoms with Gasteiger partial charge in [0.05, 0.1) is 6.61 Å². The molecule has 0 radical (unpaired) electrons. The molecule has 6 nitrogen and oxygen atoms in total. The standard InChI is InChI=1S/C22H27N3O3S/c1-14(2)13-28-19-10-8-16(9-11-19)21(27)25-22(29)24-18-7-5-6-17(12-18)23-20(26)15(3)4/h5-12,14-15H,13H2,1-4H3,(H,23,26)(H2,24,25,27,29). The average Bonchev–Trinajstić information content (AvgIpc) is 2.66. The third-order valence-corrected chi connectivity index (χ3v) is 4.04. The fraction of sp³-hybridized carbons (Fsp3) is 0.318. The highest BCUT2D eigenvalue weighted by molar-refractivity contribution is 7.80. The van der Waals surface area contributed by atoms with Gasteiger partial charge in [0.15, 0.2) is 5.11 Å². The number of hydrogen-bond acceptors (Lipinski definition) is 4. The summed E-state index contributed by atoms with van der Waals surface area (Å²) >= 11 is 5.23. The number of thiocarbonyl (C=S) groups is 1. The van der Waals surface area contributed by atoms with E-state index in [1.807, 2.05) is 13.8 Å². The van der Waals surface area contributed by atoms with Crippen LogP contribution in [0.5, 0.6) is 5.75 Å². The third kappa shape index (κ3) is 7.54. The zero-order valence-corrected chi connectivity index (χ0v) is 17.9. The zero-order chi connectivity index (χ0) is 21.4. The van der Waals surface area contributed by atoms with Crippen molar-refractivity contribution < 1.29 is 14.3 Å². The van der Waals surface area contributed by atoms with Crippen molar-refractivity contribution in [2.24, 2.45) is 11.8 Å². The summed E-state index contributed by atoms with van der Waals surface area (Å²) in [5.74, 6) is 0.644. The van der Waals surface area contributed by atoms with Crippen LogP contribution in [0.3, 0.4) is 0 Å². The van der Waals surface area contributed by atoms with Crippen molar-refractivity contribution in [3.8, 4) is 5.75 Å². The maximum Gasteiger partial charge on any atom is 0.257 e. The molecular weight excluding hydrogens is 386 g/mol. The van der Waals surface area contributed by atoms with Crippen LogP contribution in [0.2, 0.25) is 0 Å². The van der Waals surface area contributed by atoms with Crippen molar-refractivity contribution in [2.75, 3.05) is 17.2 Å². The highest BCUT2D eigenvalue weighted by atomic mass is 32.1. The molecule has 29 heavy (non-hydrogen) atoms. The van der Waals surface area contributed by atoms with Gasteiger partial charge in [0, 0.05) is 22.9 Å². The van der Waals surface area contributed by atoms with Crippen LogP contribution >= 0.6 is 12.2 Å². The van der Waals surface area contributed by atoms with E-state index < -0.39 is 0 Å². The van der Waals surface area contributed by atoms with E-state index in [-0.39, 0.29) is 22.8 Å². The highest BCUT2D eigenvalue weighted by Crippen LogP contribution is 2.16. The Labute approximate surface area is 177 Å². The lowest BCUT2D eigenvalue weighted by Gasteiger charge is -2.12. The molecule has 0 atom stereocenters. The Balaban J connectivity index is 1.91. The lowest BCUT2D eigenvalue weighted by atomic mass is 10.2. The fourth-order valence-electron chi connectivity index (χ4n) is 2.26. The minimum absolute atomic E-state index is 0.0705. The molecule has 0 saturated heterocycles. The second kappa shape index (κ2) is 10.6. The van der Waals surface area contributed by atoms with Crippen LogP contribution in [0.15, 0.2) is 48.5 Å². The molecular formula is C22H27N3O3S. The second-order valence-corrected chi connectivity index (χ2v) is 7.77. The molecule has 0 unspecified atom stereocenters. The molecule has 2 aromatic carbocycles. The van der Waals surface area contributed by atoms with Crippen LogP contribution in [0.1, 0.15) is 38.1 Å². The number of rotatable bonds is 7. The van der Waals surface area contributed by atoms with Crippen molar-refractivity contribution in [2.45, 2.75) is 27.7 Å². The summed E-state index contributed by atoms with van der Waals surface area (Å²) < 4.78 is 5.62. The molecule has 2 amide bonds. The Morgan fingerprint density at radius 3 is 2.17 bits per heavy atom. The number of ether oxygens (including phenoxy) is 1. The SMILES string of the molecule is CC(C)COc1ccc(C(=O)NC(=S)Nc2cccc(NC(=O)C(C)C)c2)cc1. The molecule has 0 fully saturated rings. The molecule has 2 rings (SSSR count). The second-order valence-electron chi connectivity index (χ2n) is 7.36. The molecule has 0 bridgehead atoms. The van der Waals surface area contributed by atoms with Gasteiger partial charge in [-0.05, 0) is 60.6 Å². The van der Waals surface area contributed by atoms with Crippen molar-refractivity contribution in [1.82, 2.24) is 5.32 Å². The van der Waals surface area contributed by atoms with E-state index in [2.05, 4.69) is 29.8 Å². The van der Waals surface area contributed by atoms with Crippen LogP contribution in [-0.4, -0.2) is 23.5 Å². The van der Waals surface area contributed by atoms with E-state index in [1.54, 1.807) is 48.5 Å². The van der Waals surface area contributed by atoms with E-state index in [4.69, 9.17) is 17.0 Å². The molecule has 3 N–H and O–H groups in total. The largest absolute Gasteiger partial charge is 0.493 e. The molecule has 0 aromatic heterocycles. The fourth-order valence-corrected chi connectivity index (χ4v) is 2.47. The zero-order valence-electron chi connectivity index (χ0n) is 17.1. The Hall–Kier alpha value is -2.93. The van der Waals surface area contributed by atoms with E-state index in [0.717, 1.165) is 5.75 Å². The van der Waals surface area contributed by atoms with Crippen LogP contribution in [0.25, 0.3) is 0 Å². The predicted molar refractivity (Wildman–Crippen MR) is 120 cm³/mol. The van der Waals surface area contributed by atoms with Crippen molar-refractivity contribution in [3.05, 3.63) is 54.1 Å². The lowest BCUT2D eigenvalue weighted by molar-refractivity contribution is -0.118. The Kier molecular flexibility index (Phi) is 8.15. The number of carbonyl (C=O) groups excluding carboxylic acids is 2. The number of benzene rings is 2. The van der Waals surface area contributed by atoms with Crippen LogP contribution in [0, 0.1) is 11.8 Å². The first kappa shape index (κ1) is 22.4. The van der Waals surface area contributed by atoms with E-state index in [1.165, 1.54) is 0 Å². The Morgan fingerprint density at radius 2 is 1.59 bits per heavy atom. The first-order chi connectivity index (χ1) is 13.7. The molecule has 154 valence electrons. The average molecular weight is 414 g/mol. The van der Waals surface area contributed by atoms with Crippen molar-refractivity contribution in [1.29, 1.82) is 0 Å². The summed E-state index contributed by atoms with van der Waals surface area (Å²) in [7, 11) is 0. The topological polar surface area (TPSA) is 79.5 Å². The maximum atomic E-state index is 12.4. The van der Waals surface area contributed by atoms with Crippen LogP contribution in [0.4, 0.5) is 11.4 Å². The van der Waals surface area contributed by atoms with Crippen molar-refractivity contribution >= 4 is 40.5 Å². The van der Waals surface area contributed by atoms with Gasteiger partial charge in [0.25, 0.3) is 5.91 Å². The summed E-state index contributed by atoms with van der Waals surface area (Å²) in [5.41, 5.74) is 1.79. The highest BCUT2D eigenvalue weighted by Gasteiger charge is 2.10. The minimum Gasteiger partial charge on any atom is -0.493 e. The van der Waals surface area contributed by atoms with Gasteiger partial charge in [-0.25, -0.2) is 0 Å².